The van der Waals surface area contributed by atoms with Crippen molar-refractivity contribution in [2.24, 2.45) is 0 Å². The summed E-state index contributed by atoms with van der Waals surface area (Å²) in [5.74, 6) is 1.11. The molecule has 8 nitrogen and oxygen atoms in total. The molecule has 192 valence electrons. The Morgan fingerprint density at radius 2 is 1.50 bits per heavy atom. The van der Waals surface area contributed by atoms with Crippen molar-refractivity contribution in [3.63, 3.8) is 0 Å². The lowest BCUT2D eigenvalue weighted by atomic mass is 10.1. The molecule has 0 radical (unpaired) electrons. The number of hydrogen-bond donors (Lipinski definition) is 1. The zero-order valence-electron chi connectivity index (χ0n) is 20.8. The van der Waals surface area contributed by atoms with Crippen molar-refractivity contribution in [1.82, 2.24) is 9.88 Å². The van der Waals surface area contributed by atoms with Crippen LogP contribution in [-0.4, -0.2) is 42.3 Å². The molecule has 1 N–H and O–H groups in total. The molecule has 38 heavy (non-hydrogen) atoms. The summed E-state index contributed by atoms with van der Waals surface area (Å²) in [7, 11) is 3.18. The van der Waals surface area contributed by atoms with Gasteiger partial charge in [0.05, 0.1) is 26.5 Å². The number of thiocarbonyl (C=S) groups is 1. The summed E-state index contributed by atoms with van der Waals surface area (Å²) in [4.78, 5) is 27.6. The fraction of sp³-hybridized carbons (Fsp3) is 0.138. The minimum absolute atomic E-state index is 0.00759. The number of para-hydroxylation sites is 1. The van der Waals surface area contributed by atoms with E-state index in [0.717, 1.165) is 28.0 Å². The van der Waals surface area contributed by atoms with Gasteiger partial charge in [0.25, 0.3) is 11.8 Å². The van der Waals surface area contributed by atoms with E-state index < -0.39 is 11.8 Å². The molecular formula is C29H25N3O5S. The third-order valence-electron chi connectivity index (χ3n) is 6.21. The number of nitrogens with one attached hydrogen (secondary N) is 1. The summed E-state index contributed by atoms with van der Waals surface area (Å²) >= 11 is 5.32. The molecule has 1 fully saturated rings. The summed E-state index contributed by atoms with van der Waals surface area (Å²) < 4.78 is 18.3. The van der Waals surface area contributed by atoms with Crippen LogP contribution in [-0.2, 0) is 16.1 Å². The van der Waals surface area contributed by atoms with Crippen LogP contribution in [0.1, 0.15) is 5.56 Å². The van der Waals surface area contributed by atoms with Crippen LogP contribution >= 0.6 is 12.2 Å². The number of ether oxygens (including phenoxy) is 3. The summed E-state index contributed by atoms with van der Waals surface area (Å²) in [5.41, 5.74) is 2.23. The number of anilines is 1. The van der Waals surface area contributed by atoms with E-state index in [2.05, 4.69) is 5.32 Å². The molecule has 2 heterocycles. The van der Waals surface area contributed by atoms with Crippen LogP contribution in [0.2, 0.25) is 0 Å². The van der Waals surface area contributed by atoms with Crippen LogP contribution in [0.15, 0.2) is 84.6 Å². The molecule has 1 aliphatic rings. The standard InChI is InChI=1S/C29H25N3O5S/c1-35-21-9-7-20(8-10-21)32-28(34)25(27(33)30-29(32)38)17-19-18-31(26-6-4-3-5-24(19)26)15-16-37-23-13-11-22(36-2)12-14-23/h3-14,17-18H,15-16H2,1-2H3,(H,30,33,38)/b25-17-. The maximum absolute atomic E-state index is 13.5. The van der Waals surface area contributed by atoms with Gasteiger partial charge in [0.2, 0.25) is 0 Å². The quantitative estimate of drug-likeness (QED) is 0.205. The number of hydrogen-bond acceptors (Lipinski definition) is 6. The summed E-state index contributed by atoms with van der Waals surface area (Å²) in [5, 5.41) is 3.57. The van der Waals surface area contributed by atoms with Gasteiger partial charge in [-0.2, -0.15) is 0 Å². The Labute approximate surface area is 225 Å². The number of rotatable bonds is 8. The lowest BCUT2D eigenvalue weighted by Gasteiger charge is -2.29. The Morgan fingerprint density at radius 3 is 2.18 bits per heavy atom. The normalized spacial score (nSPS) is 14.6. The van der Waals surface area contributed by atoms with E-state index in [-0.39, 0.29) is 10.7 Å². The van der Waals surface area contributed by atoms with Crippen molar-refractivity contribution >= 4 is 51.8 Å². The van der Waals surface area contributed by atoms with Gasteiger partial charge < -0.3 is 18.8 Å². The van der Waals surface area contributed by atoms with Crippen molar-refractivity contribution in [2.75, 3.05) is 25.7 Å². The predicted octanol–water partition coefficient (Wildman–Crippen LogP) is 4.57. The molecule has 0 unspecified atom stereocenters. The van der Waals surface area contributed by atoms with Crippen molar-refractivity contribution in [3.8, 4) is 17.2 Å². The van der Waals surface area contributed by atoms with Gasteiger partial charge in [0.15, 0.2) is 5.11 Å². The summed E-state index contributed by atoms with van der Waals surface area (Å²) in [6, 6.07) is 22.1. The molecule has 0 atom stereocenters. The van der Waals surface area contributed by atoms with Crippen molar-refractivity contribution in [3.05, 3.63) is 90.1 Å². The van der Waals surface area contributed by atoms with Gasteiger partial charge in [-0.3, -0.25) is 19.8 Å². The average molecular weight is 528 g/mol. The fourth-order valence-corrected chi connectivity index (χ4v) is 4.57. The Kier molecular flexibility index (Phi) is 7.10. The second-order valence-electron chi connectivity index (χ2n) is 8.47. The van der Waals surface area contributed by atoms with Crippen LogP contribution < -0.4 is 24.4 Å². The van der Waals surface area contributed by atoms with Crippen LogP contribution in [0.25, 0.3) is 17.0 Å². The van der Waals surface area contributed by atoms with E-state index in [1.54, 1.807) is 44.6 Å². The number of carbonyl (C=O) groups excluding carboxylic acids is 2. The largest absolute Gasteiger partial charge is 0.497 e. The second-order valence-corrected chi connectivity index (χ2v) is 8.86. The fourth-order valence-electron chi connectivity index (χ4n) is 4.29. The van der Waals surface area contributed by atoms with E-state index >= 15 is 0 Å². The van der Waals surface area contributed by atoms with Crippen molar-refractivity contribution in [1.29, 1.82) is 0 Å². The first-order valence-electron chi connectivity index (χ1n) is 11.9. The highest BCUT2D eigenvalue weighted by Gasteiger charge is 2.34. The van der Waals surface area contributed by atoms with Crippen molar-refractivity contribution < 1.29 is 23.8 Å². The molecule has 0 bridgehead atoms. The van der Waals surface area contributed by atoms with Crippen LogP contribution in [0.4, 0.5) is 5.69 Å². The number of fused-ring (bicyclic) bond motifs is 1. The molecule has 9 heteroatoms. The van der Waals surface area contributed by atoms with Crippen LogP contribution in [0, 0.1) is 0 Å². The predicted molar refractivity (Wildman–Crippen MR) is 150 cm³/mol. The molecule has 1 saturated heterocycles. The first-order chi connectivity index (χ1) is 18.5. The number of methoxy groups -OCH3 is 2. The number of nitrogens with zero attached hydrogens (tertiary/aromatic N) is 2. The maximum atomic E-state index is 13.5. The SMILES string of the molecule is COc1ccc(OCCn2cc(/C=C3/C(=O)NC(=S)N(c4ccc(OC)cc4)C3=O)c3ccccc32)cc1. The molecule has 3 aromatic carbocycles. The highest BCUT2D eigenvalue weighted by molar-refractivity contribution is 7.80. The van der Waals surface area contributed by atoms with E-state index in [4.69, 9.17) is 26.4 Å². The molecule has 1 aliphatic heterocycles. The monoisotopic (exact) mass is 527 g/mol. The average Bonchev–Trinajstić information content (AvgIpc) is 3.29. The molecule has 4 aromatic rings. The highest BCUT2D eigenvalue weighted by atomic mass is 32.1. The van der Waals surface area contributed by atoms with Gasteiger partial charge in [0.1, 0.15) is 29.4 Å². The number of benzene rings is 3. The van der Waals surface area contributed by atoms with E-state index in [0.29, 0.717) is 24.6 Å². The van der Waals surface area contributed by atoms with Crippen LogP contribution in [0.5, 0.6) is 17.2 Å². The Hall–Kier alpha value is -4.63. The lowest BCUT2D eigenvalue weighted by molar-refractivity contribution is -0.122. The molecule has 0 saturated carbocycles. The number of aromatic nitrogens is 1. The maximum Gasteiger partial charge on any atom is 0.270 e. The van der Waals surface area contributed by atoms with Gasteiger partial charge in [0, 0.05) is 22.7 Å². The molecule has 5 rings (SSSR count). The second kappa shape index (κ2) is 10.8. The minimum atomic E-state index is -0.538. The third-order valence-corrected chi connectivity index (χ3v) is 6.50. The lowest BCUT2D eigenvalue weighted by Crippen LogP contribution is -2.54. The molecule has 1 aromatic heterocycles. The number of amides is 2. The topological polar surface area (TPSA) is 82.0 Å². The van der Waals surface area contributed by atoms with Gasteiger partial charge >= 0.3 is 0 Å². The Balaban J connectivity index is 1.41. The molecule has 0 spiro atoms. The molecular weight excluding hydrogens is 502 g/mol. The zero-order chi connectivity index (χ0) is 26.6. The van der Waals surface area contributed by atoms with Gasteiger partial charge in [-0.05, 0) is 72.9 Å². The van der Waals surface area contributed by atoms with Gasteiger partial charge in [-0.15, -0.1) is 0 Å². The third kappa shape index (κ3) is 4.96. The summed E-state index contributed by atoms with van der Waals surface area (Å²) in [6.45, 7) is 0.998. The molecule has 2 amide bonds. The smallest absolute Gasteiger partial charge is 0.270 e. The van der Waals surface area contributed by atoms with E-state index in [1.165, 1.54) is 4.90 Å². The molecule has 0 aliphatic carbocycles. The minimum Gasteiger partial charge on any atom is -0.497 e. The summed E-state index contributed by atoms with van der Waals surface area (Å²) in [6.07, 6.45) is 3.53. The van der Waals surface area contributed by atoms with Gasteiger partial charge in [-0.25, -0.2) is 0 Å². The Morgan fingerprint density at radius 1 is 0.868 bits per heavy atom. The van der Waals surface area contributed by atoms with E-state index in [1.807, 2.05) is 59.3 Å². The van der Waals surface area contributed by atoms with Crippen molar-refractivity contribution in [2.45, 2.75) is 6.54 Å². The van der Waals surface area contributed by atoms with Crippen LogP contribution in [0.3, 0.4) is 0 Å². The highest BCUT2D eigenvalue weighted by Crippen LogP contribution is 2.28. The first kappa shape index (κ1) is 25.0. The Bertz CT molecular complexity index is 1540. The van der Waals surface area contributed by atoms with Gasteiger partial charge in [-0.1, -0.05) is 18.2 Å². The van der Waals surface area contributed by atoms with E-state index in [9.17, 15) is 9.59 Å². The zero-order valence-corrected chi connectivity index (χ0v) is 21.7. The first-order valence-corrected chi connectivity index (χ1v) is 12.3. The number of carbonyl (C=O) groups is 2.